The van der Waals surface area contributed by atoms with Crippen molar-refractivity contribution in [2.24, 2.45) is 0 Å². The standard InChI is InChI=1S/C21H25ClF3N5O/c1-27-8-6-15(7-9-27)28-10-12-29(13-11-28)20(31)18-14-19(21(23,24)25)26-30(18)17-5-3-2-4-16(17)22/h2-5,14-15H,6-13H2,1H3. The Labute approximate surface area is 184 Å². The van der Waals surface area contributed by atoms with E-state index in [-0.39, 0.29) is 16.4 Å². The predicted molar refractivity (Wildman–Crippen MR) is 112 cm³/mol. The highest BCUT2D eigenvalue weighted by Crippen LogP contribution is 2.31. The van der Waals surface area contributed by atoms with Crippen molar-refractivity contribution >= 4 is 17.5 Å². The van der Waals surface area contributed by atoms with Gasteiger partial charge in [0.1, 0.15) is 5.69 Å². The minimum absolute atomic E-state index is 0.131. The predicted octanol–water partition coefficient (Wildman–Crippen LogP) is 3.40. The van der Waals surface area contributed by atoms with Gasteiger partial charge in [0.25, 0.3) is 5.91 Å². The number of para-hydroxylation sites is 1. The number of likely N-dealkylation sites (tertiary alicyclic amines) is 1. The molecule has 2 aliphatic heterocycles. The minimum Gasteiger partial charge on any atom is -0.335 e. The van der Waals surface area contributed by atoms with Crippen molar-refractivity contribution in [3.63, 3.8) is 0 Å². The van der Waals surface area contributed by atoms with Crippen LogP contribution >= 0.6 is 11.6 Å². The van der Waals surface area contributed by atoms with Crippen molar-refractivity contribution < 1.29 is 18.0 Å². The molecule has 2 aliphatic rings. The lowest BCUT2D eigenvalue weighted by Gasteiger charge is -2.42. The molecule has 1 aromatic heterocycles. The summed E-state index contributed by atoms with van der Waals surface area (Å²) >= 11 is 6.18. The molecule has 2 fully saturated rings. The summed E-state index contributed by atoms with van der Waals surface area (Å²) in [4.78, 5) is 19.5. The van der Waals surface area contributed by atoms with E-state index in [1.165, 1.54) is 0 Å². The van der Waals surface area contributed by atoms with Crippen LogP contribution in [0.4, 0.5) is 13.2 Å². The molecule has 168 valence electrons. The Morgan fingerprint density at radius 2 is 1.71 bits per heavy atom. The highest BCUT2D eigenvalue weighted by atomic mass is 35.5. The number of alkyl halides is 3. The number of benzene rings is 1. The topological polar surface area (TPSA) is 44.6 Å². The average molecular weight is 456 g/mol. The SMILES string of the molecule is CN1CCC(N2CCN(C(=O)c3cc(C(F)(F)F)nn3-c3ccccc3Cl)CC2)CC1. The number of carbonyl (C=O) groups is 1. The van der Waals surface area contributed by atoms with Crippen LogP contribution < -0.4 is 0 Å². The zero-order valence-electron chi connectivity index (χ0n) is 17.3. The smallest absolute Gasteiger partial charge is 0.335 e. The summed E-state index contributed by atoms with van der Waals surface area (Å²) in [6.07, 6.45) is -2.47. The Kier molecular flexibility index (Phi) is 6.27. The van der Waals surface area contributed by atoms with Gasteiger partial charge >= 0.3 is 6.18 Å². The summed E-state index contributed by atoms with van der Waals surface area (Å²) in [5, 5.41) is 3.89. The Bertz CT molecular complexity index is 931. The fraction of sp³-hybridized carbons (Fsp3) is 0.524. The Balaban J connectivity index is 1.53. The van der Waals surface area contributed by atoms with E-state index in [4.69, 9.17) is 11.6 Å². The second-order valence-electron chi connectivity index (χ2n) is 8.14. The van der Waals surface area contributed by atoms with Crippen LogP contribution in [0.2, 0.25) is 5.02 Å². The summed E-state index contributed by atoms with van der Waals surface area (Å²) in [7, 11) is 2.12. The molecule has 2 aromatic rings. The maximum absolute atomic E-state index is 13.3. The Morgan fingerprint density at radius 3 is 2.32 bits per heavy atom. The summed E-state index contributed by atoms with van der Waals surface area (Å²) in [5.41, 5.74) is -0.998. The number of piperazine rings is 1. The molecule has 0 unspecified atom stereocenters. The largest absolute Gasteiger partial charge is 0.435 e. The normalized spacial score (nSPS) is 19.7. The molecule has 4 rings (SSSR count). The van der Waals surface area contributed by atoms with Gasteiger partial charge in [0.15, 0.2) is 5.69 Å². The number of halogens is 4. The van der Waals surface area contributed by atoms with E-state index in [1.807, 2.05) is 0 Å². The van der Waals surface area contributed by atoms with Gasteiger partial charge in [0, 0.05) is 38.3 Å². The molecule has 2 saturated heterocycles. The number of amides is 1. The van der Waals surface area contributed by atoms with Gasteiger partial charge in [0.05, 0.1) is 10.7 Å². The molecule has 1 amide bonds. The van der Waals surface area contributed by atoms with Crippen LogP contribution in [0.1, 0.15) is 29.0 Å². The van der Waals surface area contributed by atoms with Crippen molar-refractivity contribution in [2.75, 3.05) is 46.3 Å². The summed E-state index contributed by atoms with van der Waals surface area (Å²) < 4.78 is 41.0. The van der Waals surface area contributed by atoms with Crippen LogP contribution in [0.25, 0.3) is 5.69 Å². The molecule has 0 N–H and O–H groups in total. The van der Waals surface area contributed by atoms with Gasteiger partial charge in [-0.15, -0.1) is 0 Å². The van der Waals surface area contributed by atoms with E-state index >= 15 is 0 Å². The van der Waals surface area contributed by atoms with Gasteiger partial charge < -0.3 is 9.80 Å². The Hall–Kier alpha value is -2.10. The lowest BCUT2D eigenvalue weighted by atomic mass is 10.0. The lowest BCUT2D eigenvalue weighted by molar-refractivity contribution is -0.141. The quantitative estimate of drug-likeness (QED) is 0.711. The first kappa shape index (κ1) is 22.1. The second kappa shape index (κ2) is 8.80. The molecular formula is C21H25ClF3N5O. The average Bonchev–Trinajstić information content (AvgIpc) is 3.20. The third kappa shape index (κ3) is 4.73. The highest BCUT2D eigenvalue weighted by Gasteiger charge is 2.37. The number of carbonyl (C=O) groups excluding carboxylic acids is 1. The van der Waals surface area contributed by atoms with Crippen molar-refractivity contribution in [1.29, 1.82) is 0 Å². The number of aromatic nitrogens is 2. The first-order valence-electron chi connectivity index (χ1n) is 10.4. The molecule has 3 heterocycles. The number of hydrogen-bond acceptors (Lipinski definition) is 4. The molecule has 0 atom stereocenters. The third-order valence-corrected chi connectivity index (χ3v) is 6.43. The van der Waals surface area contributed by atoms with E-state index in [2.05, 4.69) is 21.9 Å². The van der Waals surface area contributed by atoms with Crippen LogP contribution in [0.5, 0.6) is 0 Å². The second-order valence-corrected chi connectivity index (χ2v) is 8.55. The molecule has 1 aromatic carbocycles. The molecule has 0 radical (unpaired) electrons. The van der Waals surface area contributed by atoms with Gasteiger partial charge in [-0.05, 0) is 45.1 Å². The van der Waals surface area contributed by atoms with Gasteiger partial charge in [0.2, 0.25) is 0 Å². The highest BCUT2D eigenvalue weighted by molar-refractivity contribution is 6.32. The maximum Gasteiger partial charge on any atom is 0.435 e. The molecular weight excluding hydrogens is 431 g/mol. The molecule has 0 aliphatic carbocycles. The molecule has 6 nitrogen and oxygen atoms in total. The first-order valence-corrected chi connectivity index (χ1v) is 10.8. The summed E-state index contributed by atoms with van der Waals surface area (Å²) in [6.45, 7) is 4.49. The van der Waals surface area contributed by atoms with Crippen molar-refractivity contribution in [3.05, 3.63) is 46.7 Å². The fourth-order valence-electron chi connectivity index (χ4n) is 4.29. The van der Waals surface area contributed by atoms with Gasteiger partial charge in [-0.2, -0.15) is 18.3 Å². The Morgan fingerprint density at radius 1 is 1.06 bits per heavy atom. The van der Waals surface area contributed by atoms with Crippen molar-refractivity contribution in [3.8, 4) is 5.69 Å². The van der Waals surface area contributed by atoms with E-state index in [1.54, 1.807) is 29.2 Å². The lowest BCUT2D eigenvalue weighted by Crippen LogP contribution is -2.54. The molecule has 0 bridgehead atoms. The van der Waals surface area contributed by atoms with E-state index in [9.17, 15) is 18.0 Å². The van der Waals surface area contributed by atoms with Gasteiger partial charge in [-0.1, -0.05) is 23.7 Å². The third-order valence-electron chi connectivity index (χ3n) is 6.11. The zero-order valence-corrected chi connectivity index (χ0v) is 18.0. The van der Waals surface area contributed by atoms with Crippen LogP contribution in [0.3, 0.4) is 0 Å². The van der Waals surface area contributed by atoms with E-state index in [0.717, 1.165) is 36.7 Å². The molecule has 0 saturated carbocycles. The summed E-state index contributed by atoms with van der Waals surface area (Å²) in [5.74, 6) is -0.467. The maximum atomic E-state index is 13.3. The monoisotopic (exact) mass is 455 g/mol. The molecule has 31 heavy (non-hydrogen) atoms. The molecule has 0 spiro atoms. The van der Waals surface area contributed by atoms with Crippen LogP contribution in [-0.4, -0.2) is 82.7 Å². The summed E-state index contributed by atoms with van der Waals surface area (Å²) in [6, 6.07) is 7.73. The number of hydrogen-bond donors (Lipinski definition) is 0. The first-order chi connectivity index (χ1) is 14.7. The number of piperidine rings is 1. The number of nitrogens with zero attached hydrogens (tertiary/aromatic N) is 5. The number of rotatable bonds is 3. The van der Waals surface area contributed by atoms with Gasteiger partial charge in [-0.25, -0.2) is 4.68 Å². The molecule has 10 heteroatoms. The van der Waals surface area contributed by atoms with Gasteiger partial charge in [-0.3, -0.25) is 9.69 Å². The van der Waals surface area contributed by atoms with Crippen LogP contribution in [-0.2, 0) is 6.18 Å². The van der Waals surface area contributed by atoms with E-state index < -0.39 is 17.8 Å². The van der Waals surface area contributed by atoms with E-state index in [0.29, 0.717) is 32.2 Å². The minimum atomic E-state index is -4.66. The fourth-order valence-corrected chi connectivity index (χ4v) is 4.51. The van der Waals surface area contributed by atoms with Crippen molar-refractivity contribution in [1.82, 2.24) is 24.5 Å². The van der Waals surface area contributed by atoms with Crippen molar-refractivity contribution in [2.45, 2.75) is 25.1 Å². The zero-order chi connectivity index (χ0) is 22.2. The van der Waals surface area contributed by atoms with Crippen LogP contribution in [0.15, 0.2) is 30.3 Å². The van der Waals surface area contributed by atoms with Crippen LogP contribution in [0, 0.1) is 0 Å².